The maximum Gasteiger partial charge on any atom is 0.240 e. The summed E-state index contributed by atoms with van der Waals surface area (Å²) in [6.45, 7) is 4.15. The maximum atomic E-state index is 12.4. The van der Waals surface area contributed by atoms with Crippen LogP contribution in [0.15, 0.2) is 42.5 Å². The van der Waals surface area contributed by atoms with Gasteiger partial charge in [0.25, 0.3) is 0 Å². The van der Waals surface area contributed by atoms with Crippen molar-refractivity contribution in [2.45, 2.75) is 44.1 Å². The van der Waals surface area contributed by atoms with E-state index >= 15 is 0 Å². The average Bonchev–Trinajstić information content (AvgIpc) is 3.61. The lowest BCUT2D eigenvalue weighted by atomic mass is 9.97. The van der Waals surface area contributed by atoms with Crippen LogP contribution in [0.2, 0.25) is 0 Å². The molecule has 2 fully saturated rings. The lowest BCUT2D eigenvalue weighted by molar-refractivity contribution is -0.131. The first-order valence-electron chi connectivity index (χ1n) is 13.0. The number of carbonyl (C=O) groups excluding carboxylic acids is 1. The normalized spacial score (nSPS) is 18.1. The second-order valence-corrected chi connectivity index (χ2v) is 11.9. The van der Waals surface area contributed by atoms with E-state index in [1.807, 2.05) is 40.1 Å². The van der Waals surface area contributed by atoms with Crippen LogP contribution in [0.1, 0.15) is 43.0 Å². The summed E-state index contributed by atoms with van der Waals surface area (Å²) >= 11 is 3.65. The lowest BCUT2D eigenvalue weighted by Gasteiger charge is -2.31. The zero-order valence-corrected chi connectivity index (χ0v) is 22.7. The van der Waals surface area contributed by atoms with Crippen molar-refractivity contribution in [3.63, 3.8) is 0 Å². The Kier molecular flexibility index (Phi) is 8.47. The number of hydrogen-bond donors (Lipinski definition) is 1. The summed E-state index contributed by atoms with van der Waals surface area (Å²) < 4.78 is 6.86. The van der Waals surface area contributed by atoms with E-state index in [-0.39, 0.29) is 11.9 Å². The Morgan fingerprint density at radius 2 is 1.92 bits per heavy atom. The van der Waals surface area contributed by atoms with Crippen LogP contribution in [0, 0.1) is 0 Å². The number of para-hydroxylation sites is 2. The number of piperidine rings is 1. The summed E-state index contributed by atoms with van der Waals surface area (Å²) in [7, 11) is 1.72. The summed E-state index contributed by atoms with van der Waals surface area (Å²) in [6, 6.07) is 14.3. The van der Waals surface area contributed by atoms with E-state index in [0.717, 1.165) is 92.3 Å². The van der Waals surface area contributed by atoms with Gasteiger partial charge in [0, 0.05) is 29.3 Å². The first-order chi connectivity index (χ1) is 17.6. The molecule has 5 rings (SSSR count). The van der Waals surface area contributed by atoms with Crippen LogP contribution in [0.25, 0.3) is 21.3 Å². The second kappa shape index (κ2) is 11.9. The minimum absolute atomic E-state index is 0.130. The predicted molar refractivity (Wildman–Crippen MR) is 151 cm³/mol. The summed E-state index contributed by atoms with van der Waals surface area (Å²) in [5.74, 6) is 3.37. The fraction of sp³-hybridized carbons (Fsp3) is 0.500. The molecule has 2 aromatic carbocycles. The van der Waals surface area contributed by atoms with Gasteiger partial charge in [-0.15, -0.1) is 23.1 Å². The predicted octanol–water partition coefficient (Wildman–Crippen LogP) is 5.18. The molecule has 1 aromatic heterocycles. The molecule has 3 aromatic rings. The molecule has 2 saturated heterocycles. The van der Waals surface area contributed by atoms with E-state index in [1.54, 1.807) is 7.11 Å². The van der Waals surface area contributed by atoms with Crippen LogP contribution in [-0.4, -0.2) is 71.7 Å². The van der Waals surface area contributed by atoms with Gasteiger partial charge in [-0.25, -0.2) is 4.98 Å². The summed E-state index contributed by atoms with van der Waals surface area (Å²) in [4.78, 5) is 22.0. The van der Waals surface area contributed by atoms with E-state index < -0.39 is 0 Å². The van der Waals surface area contributed by atoms with E-state index in [0.29, 0.717) is 5.92 Å². The highest BCUT2D eigenvalue weighted by Gasteiger charge is 2.25. The van der Waals surface area contributed by atoms with Gasteiger partial charge in [0.15, 0.2) is 0 Å². The van der Waals surface area contributed by atoms with Gasteiger partial charge < -0.3 is 20.3 Å². The van der Waals surface area contributed by atoms with Gasteiger partial charge in [-0.05, 0) is 57.5 Å². The highest BCUT2D eigenvalue weighted by molar-refractivity contribution is 7.99. The number of carbonyl (C=O) groups is 1. The van der Waals surface area contributed by atoms with Gasteiger partial charge in [0.05, 0.1) is 34.3 Å². The molecule has 6 nitrogen and oxygen atoms in total. The maximum absolute atomic E-state index is 12.4. The van der Waals surface area contributed by atoms with Gasteiger partial charge in [-0.3, -0.25) is 4.79 Å². The van der Waals surface area contributed by atoms with Crippen LogP contribution in [-0.2, 0) is 4.79 Å². The number of aromatic nitrogens is 1. The molecule has 8 heteroatoms. The summed E-state index contributed by atoms with van der Waals surface area (Å²) in [5.41, 5.74) is 9.49. The van der Waals surface area contributed by atoms with Crippen molar-refractivity contribution >= 4 is 39.2 Å². The molecule has 0 aliphatic carbocycles. The van der Waals surface area contributed by atoms with Crippen LogP contribution in [0.5, 0.6) is 5.75 Å². The molecule has 2 aliphatic heterocycles. The molecule has 3 heterocycles. The lowest BCUT2D eigenvalue weighted by Crippen LogP contribution is -2.42. The van der Waals surface area contributed by atoms with Gasteiger partial charge >= 0.3 is 0 Å². The summed E-state index contributed by atoms with van der Waals surface area (Å²) in [6.07, 6.45) is 5.20. The number of amides is 1. The zero-order valence-electron chi connectivity index (χ0n) is 21.0. The van der Waals surface area contributed by atoms with Crippen molar-refractivity contribution in [2.24, 2.45) is 5.73 Å². The molecule has 0 bridgehead atoms. The Bertz CT molecular complexity index is 1170. The quantitative estimate of drug-likeness (QED) is 0.389. The monoisotopic (exact) mass is 524 g/mol. The molecule has 1 atom stereocenters. The molecule has 0 saturated carbocycles. The number of nitrogens with two attached hydrogens (primary N) is 1. The molecule has 2 aliphatic rings. The number of fused-ring (bicyclic) bond motifs is 1. The number of nitrogens with zero attached hydrogens (tertiary/aromatic N) is 3. The number of methoxy groups -OCH3 is 1. The van der Waals surface area contributed by atoms with Crippen LogP contribution in [0.4, 0.5) is 0 Å². The Labute approximate surface area is 222 Å². The Balaban J connectivity index is 1.13. The van der Waals surface area contributed by atoms with E-state index in [4.69, 9.17) is 15.5 Å². The number of thioether (sulfide) groups is 1. The average molecular weight is 525 g/mol. The standard InChI is InChI=1S/C28H36N4O2S2/c1-34-24-10-3-2-7-21(24)22-8-6-11-25-26(22)30-27(36-25)20-12-15-31(16-13-20)14-5-4-9-23(29)28(33)32-17-18-35-19-32/h2-3,6-8,10-11,20,23H,4-5,9,12-19,29H2,1H3. The molecule has 0 radical (unpaired) electrons. The molecule has 1 unspecified atom stereocenters. The van der Waals surface area contributed by atoms with E-state index in [2.05, 4.69) is 35.2 Å². The zero-order chi connectivity index (χ0) is 24.9. The third-order valence-corrected chi connectivity index (χ3v) is 9.54. The summed E-state index contributed by atoms with van der Waals surface area (Å²) in [5, 5.41) is 1.26. The molecular formula is C28H36N4O2S2. The SMILES string of the molecule is COc1ccccc1-c1cccc2sc(C3CCN(CCCCC(N)C(=O)N4CCSC4)CC3)nc12. The fourth-order valence-electron chi connectivity index (χ4n) is 5.27. The third-order valence-electron chi connectivity index (χ3n) is 7.39. The van der Waals surface area contributed by atoms with Crippen LogP contribution in [0.3, 0.4) is 0 Å². The molecule has 2 N–H and O–H groups in total. The van der Waals surface area contributed by atoms with Crippen molar-refractivity contribution in [1.29, 1.82) is 0 Å². The number of hydrogen-bond acceptors (Lipinski definition) is 7. The molecule has 0 spiro atoms. The fourth-order valence-corrected chi connectivity index (χ4v) is 7.39. The smallest absolute Gasteiger partial charge is 0.240 e. The highest BCUT2D eigenvalue weighted by Crippen LogP contribution is 2.39. The van der Waals surface area contributed by atoms with Gasteiger partial charge in [-0.2, -0.15) is 0 Å². The minimum atomic E-state index is -0.339. The van der Waals surface area contributed by atoms with Crippen molar-refractivity contribution in [1.82, 2.24) is 14.8 Å². The second-order valence-electron chi connectivity index (χ2n) is 9.76. The van der Waals surface area contributed by atoms with Gasteiger partial charge in [-0.1, -0.05) is 36.8 Å². The largest absolute Gasteiger partial charge is 0.496 e. The van der Waals surface area contributed by atoms with Crippen molar-refractivity contribution in [3.8, 4) is 16.9 Å². The number of unbranched alkanes of at least 4 members (excludes halogenated alkanes) is 1. The van der Waals surface area contributed by atoms with Crippen molar-refractivity contribution < 1.29 is 9.53 Å². The molecule has 1 amide bonds. The van der Waals surface area contributed by atoms with Gasteiger partial charge in [0.1, 0.15) is 5.75 Å². The van der Waals surface area contributed by atoms with Gasteiger partial charge in [0.2, 0.25) is 5.91 Å². The number of ether oxygens (including phenoxy) is 1. The van der Waals surface area contributed by atoms with E-state index in [1.165, 1.54) is 9.71 Å². The van der Waals surface area contributed by atoms with E-state index in [9.17, 15) is 4.79 Å². The van der Waals surface area contributed by atoms with Crippen molar-refractivity contribution in [3.05, 3.63) is 47.5 Å². The molecular weight excluding hydrogens is 488 g/mol. The van der Waals surface area contributed by atoms with Crippen LogP contribution < -0.4 is 10.5 Å². The van der Waals surface area contributed by atoms with Crippen LogP contribution >= 0.6 is 23.1 Å². The Morgan fingerprint density at radius 1 is 1.11 bits per heavy atom. The highest BCUT2D eigenvalue weighted by atomic mass is 32.2. The number of benzene rings is 2. The molecule has 192 valence electrons. The molecule has 36 heavy (non-hydrogen) atoms. The minimum Gasteiger partial charge on any atom is -0.496 e. The first-order valence-corrected chi connectivity index (χ1v) is 15.0. The topological polar surface area (TPSA) is 71.7 Å². The number of rotatable bonds is 9. The first kappa shape index (κ1) is 25.5. The Morgan fingerprint density at radius 3 is 2.69 bits per heavy atom. The number of likely N-dealkylation sites (tertiary alicyclic amines) is 1. The Hall–Kier alpha value is -2.13. The number of thiazole rings is 1. The third kappa shape index (κ3) is 5.72. The van der Waals surface area contributed by atoms with Crippen molar-refractivity contribution in [2.75, 3.05) is 44.9 Å².